The normalized spacial score (nSPS) is 10.6. The Morgan fingerprint density at radius 1 is 1.00 bits per heavy atom. The molecule has 8 heteroatoms. The van der Waals surface area contributed by atoms with Crippen molar-refractivity contribution < 1.29 is 19.0 Å². The Bertz CT molecular complexity index is 1180. The minimum absolute atomic E-state index is 0.103. The smallest absolute Gasteiger partial charge is 0.266 e. The molecule has 1 N–H and O–H groups in total. The number of methoxy groups -OCH3 is 2. The lowest BCUT2D eigenvalue weighted by Gasteiger charge is -2.14. The molecule has 2 aromatic carbocycles. The van der Waals surface area contributed by atoms with Gasteiger partial charge in [-0.25, -0.2) is 4.68 Å². The standard InChI is InChI=1S/C25H29N3O5/c1-16-12-17(2)25(18(3)13-16)33-15-23(29)26-10-11-28-24(30)9-7-21(27-28)20-14-19(31-4)6-8-22(20)32-5/h6-9,12-14H,10-11,15H2,1-5H3,(H,26,29). The maximum atomic E-state index is 12.3. The molecule has 1 heterocycles. The van der Waals surface area contributed by atoms with E-state index in [0.29, 0.717) is 28.5 Å². The quantitative estimate of drug-likeness (QED) is 0.538. The highest BCUT2D eigenvalue weighted by Crippen LogP contribution is 2.31. The van der Waals surface area contributed by atoms with Crippen molar-refractivity contribution in [3.63, 3.8) is 0 Å². The molecule has 0 spiro atoms. The molecule has 0 aliphatic rings. The predicted octanol–water partition coefficient (Wildman–Crippen LogP) is 3.05. The Hall–Kier alpha value is -3.81. The molecule has 1 aromatic heterocycles. The summed E-state index contributed by atoms with van der Waals surface area (Å²) in [7, 11) is 3.15. The van der Waals surface area contributed by atoms with E-state index in [1.54, 1.807) is 38.5 Å². The monoisotopic (exact) mass is 451 g/mol. The number of ether oxygens (including phenoxy) is 3. The molecule has 1 amide bonds. The molecule has 0 atom stereocenters. The molecule has 0 aliphatic heterocycles. The van der Waals surface area contributed by atoms with E-state index in [-0.39, 0.29) is 31.2 Å². The number of carbonyl (C=O) groups excluding carboxylic acids is 1. The number of aryl methyl sites for hydroxylation is 3. The number of nitrogens with zero attached hydrogens (tertiary/aromatic N) is 2. The van der Waals surface area contributed by atoms with Crippen LogP contribution in [0.3, 0.4) is 0 Å². The van der Waals surface area contributed by atoms with Gasteiger partial charge < -0.3 is 19.5 Å². The van der Waals surface area contributed by atoms with Crippen molar-refractivity contribution in [1.29, 1.82) is 0 Å². The third-order valence-corrected chi connectivity index (χ3v) is 5.15. The molecule has 0 fully saturated rings. The van der Waals surface area contributed by atoms with Crippen molar-refractivity contribution in [3.8, 4) is 28.5 Å². The summed E-state index contributed by atoms with van der Waals surface area (Å²) in [5, 5.41) is 7.21. The van der Waals surface area contributed by atoms with Crippen LogP contribution in [0.25, 0.3) is 11.3 Å². The van der Waals surface area contributed by atoms with E-state index in [1.165, 1.54) is 10.7 Å². The van der Waals surface area contributed by atoms with Crippen LogP contribution >= 0.6 is 0 Å². The second-order valence-electron chi connectivity index (χ2n) is 7.71. The van der Waals surface area contributed by atoms with E-state index < -0.39 is 0 Å². The van der Waals surface area contributed by atoms with Crippen molar-refractivity contribution in [2.24, 2.45) is 0 Å². The Balaban J connectivity index is 1.63. The van der Waals surface area contributed by atoms with Gasteiger partial charge in [-0.15, -0.1) is 0 Å². The number of carbonyl (C=O) groups is 1. The van der Waals surface area contributed by atoms with Gasteiger partial charge in [-0.1, -0.05) is 17.7 Å². The third-order valence-electron chi connectivity index (χ3n) is 5.15. The predicted molar refractivity (Wildman–Crippen MR) is 126 cm³/mol. The SMILES string of the molecule is COc1ccc(OC)c(-c2ccc(=O)n(CCNC(=O)COc3c(C)cc(C)cc3C)n2)c1. The highest BCUT2D eigenvalue weighted by molar-refractivity contribution is 5.77. The van der Waals surface area contributed by atoms with Crippen molar-refractivity contribution in [3.05, 3.63) is 69.5 Å². The summed E-state index contributed by atoms with van der Waals surface area (Å²) in [4.78, 5) is 24.5. The summed E-state index contributed by atoms with van der Waals surface area (Å²) in [5.74, 6) is 1.71. The molecule has 0 aliphatic carbocycles. The summed E-state index contributed by atoms with van der Waals surface area (Å²) in [6, 6.07) is 12.5. The highest BCUT2D eigenvalue weighted by Gasteiger charge is 2.12. The number of amides is 1. The Morgan fingerprint density at radius 3 is 2.39 bits per heavy atom. The van der Waals surface area contributed by atoms with Gasteiger partial charge in [-0.05, 0) is 56.2 Å². The fourth-order valence-corrected chi connectivity index (χ4v) is 3.65. The van der Waals surface area contributed by atoms with E-state index >= 15 is 0 Å². The third kappa shape index (κ3) is 5.91. The Kier molecular flexibility index (Phi) is 7.71. The topological polar surface area (TPSA) is 91.7 Å². The summed E-state index contributed by atoms with van der Waals surface area (Å²) in [5.41, 5.74) is 4.12. The lowest BCUT2D eigenvalue weighted by molar-refractivity contribution is -0.123. The van der Waals surface area contributed by atoms with Crippen LogP contribution in [0.2, 0.25) is 0 Å². The van der Waals surface area contributed by atoms with Gasteiger partial charge in [0, 0.05) is 18.2 Å². The van der Waals surface area contributed by atoms with Gasteiger partial charge in [-0.3, -0.25) is 9.59 Å². The zero-order valence-electron chi connectivity index (χ0n) is 19.6. The van der Waals surface area contributed by atoms with Crippen LogP contribution in [0.1, 0.15) is 16.7 Å². The van der Waals surface area contributed by atoms with E-state index in [4.69, 9.17) is 14.2 Å². The molecular formula is C25H29N3O5. The van der Waals surface area contributed by atoms with Gasteiger partial charge in [0.05, 0.1) is 26.5 Å². The Morgan fingerprint density at radius 2 is 1.73 bits per heavy atom. The molecule has 8 nitrogen and oxygen atoms in total. The molecule has 3 aromatic rings. The average Bonchev–Trinajstić information content (AvgIpc) is 2.79. The van der Waals surface area contributed by atoms with E-state index in [1.807, 2.05) is 32.9 Å². The average molecular weight is 452 g/mol. The first-order chi connectivity index (χ1) is 15.8. The second kappa shape index (κ2) is 10.7. The molecular weight excluding hydrogens is 422 g/mol. The fraction of sp³-hybridized carbons (Fsp3) is 0.320. The maximum absolute atomic E-state index is 12.3. The first-order valence-corrected chi connectivity index (χ1v) is 10.6. The van der Waals surface area contributed by atoms with Gasteiger partial charge in [-0.2, -0.15) is 5.10 Å². The molecule has 3 rings (SSSR count). The molecule has 33 heavy (non-hydrogen) atoms. The number of benzene rings is 2. The zero-order chi connectivity index (χ0) is 24.0. The van der Waals surface area contributed by atoms with Gasteiger partial charge in [0.1, 0.15) is 17.2 Å². The van der Waals surface area contributed by atoms with Crippen LogP contribution in [0.15, 0.2) is 47.3 Å². The van der Waals surface area contributed by atoms with Crippen molar-refractivity contribution in [2.75, 3.05) is 27.4 Å². The highest BCUT2D eigenvalue weighted by atomic mass is 16.5. The second-order valence-corrected chi connectivity index (χ2v) is 7.71. The summed E-state index contributed by atoms with van der Waals surface area (Å²) >= 11 is 0. The molecule has 0 unspecified atom stereocenters. The van der Waals surface area contributed by atoms with Crippen LogP contribution in [0, 0.1) is 20.8 Å². The number of rotatable bonds is 9. The minimum Gasteiger partial charge on any atom is -0.497 e. The summed E-state index contributed by atoms with van der Waals surface area (Å²) in [6.07, 6.45) is 0. The van der Waals surface area contributed by atoms with Crippen molar-refractivity contribution >= 4 is 5.91 Å². The lowest BCUT2D eigenvalue weighted by atomic mass is 10.1. The molecule has 0 radical (unpaired) electrons. The van der Waals surface area contributed by atoms with Crippen molar-refractivity contribution in [2.45, 2.75) is 27.3 Å². The van der Waals surface area contributed by atoms with Gasteiger partial charge in [0.15, 0.2) is 6.61 Å². The first kappa shape index (κ1) is 23.8. The fourth-order valence-electron chi connectivity index (χ4n) is 3.65. The number of hydrogen-bond donors (Lipinski definition) is 1. The largest absolute Gasteiger partial charge is 0.497 e. The summed E-state index contributed by atoms with van der Waals surface area (Å²) in [6.45, 7) is 6.28. The lowest BCUT2D eigenvalue weighted by Crippen LogP contribution is -2.34. The van der Waals surface area contributed by atoms with Gasteiger partial charge >= 0.3 is 0 Å². The molecule has 0 saturated heterocycles. The first-order valence-electron chi connectivity index (χ1n) is 10.6. The van der Waals surface area contributed by atoms with E-state index in [9.17, 15) is 9.59 Å². The molecule has 0 bridgehead atoms. The molecule has 0 saturated carbocycles. The zero-order valence-corrected chi connectivity index (χ0v) is 19.6. The van der Waals surface area contributed by atoms with Gasteiger partial charge in [0.25, 0.3) is 11.5 Å². The molecule has 174 valence electrons. The Labute approximate surface area is 193 Å². The number of nitrogens with one attached hydrogen (secondary N) is 1. The minimum atomic E-state index is -0.270. The maximum Gasteiger partial charge on any atom is 0.266 e. The van der Waals surface area contributed by atoms with Gasteiger partial charge in [0.2, 0.25) is 0 Å². The number of hydrogen-bond acceptors (Lipinski definition) is 6. The van der Waals surface area contributed by atoms with Crippen LogP contribution in [0.5, 0.6) is 17.2 Å². The van der Waals surface area contributed by atoms with E-state index in [2.05, 4.69) is 10.4 Å². The number of aromatic nitrogens is 2. The van der Waals surface area contributed by atoms with Crippen LogP contribution in [0.4, 0.5) is 0 Å². The van der Waals surface area contributed by atoms with Crippen LogP contribution in [-0.4, -0.2) is 43.1 Å². The van der Waals surface area contributed by atoms with Crippen molar-refractivity contribution in [1.82, 2.24) is 15.1 Å². The van der Waals surface area contributed by atoms with Crippen LogP contribution < -0.4 is 25.1 Å². The van der Waals surface area contributed by atoms with E-state index in [0.717, 1.165) is 16.7 Å². The van der Waals surface area contributed by atoms with Crippen LogP contribution in [-0.2, 0) is 11.3 Å². The summed E-state index contributed by atoms with van der Waals surface area (Å²) < 4.78 is 17.7.